The van der Waals surface area contributed by atoms with Crippen LogP contribution in [0.3, 0.4) is 0 Å². The lowest BCUT2D eigenvalue weighted by atomic mass is 10.0. The number of aromatic nitrogens is 3. The molecule has 2 heterocycles. The van der Waals surface area contributed by atoms with Gasteiger partial charge in [0, 0.05) is 12.4 Å². The Morgan fingerprint density at radius 3 is 3.00 bits per heavy atom. The molecular formula is C10H10N4O. The van der Waals surface area contributed by atoms with Crippen molar-refractivity contribution in [1.29, 1.82) is 0 Å². The van der Waals surface area contributed by atoms with Gasteiger partial charge in [-0.05, 0) is 13.8 Å². The van der Waals surface area contributed by atoms with Crippen molar-refractivity contribution in [3.05, 3.63) is 30.5 Å². The van der Waals surface area contributed by atoms with E-state index in [1.54, 1.807) is 30.9 Å². The highest BCUT2D eigenvalue weighted by molar-refractivity contribution is 5.41. The van der Waals surface area contributed by atoms with Gasteiger partial charge in [0.05, 0.1) is 18.1 Å². The number of hydrogen-bond donors (Lipinski definition) is 0. The fraction of sp³-hybridized carbons (Fsp3) is 0.300. The Morgan fingerprint density at radius 1 is 1.47 bits per heavy atom. The number of fused-ring (bicyclic) bond motifs is 1. The minimum Gasteiger partial charge on any atom is -0.299 e. The molecule has 0 spiro atoms. The van der Waals surface area contributed by atoms with Gasteiger partial charge in [-0.1, -0.05) is 0 Å². The van der Waals surface area contributed by atoms with Crippen LogP contribution in [0.4, 0.5) is 0 Å². The quantitative estimate of drug-likeness (QED) is 0.544. The van der Waals surface area contributed by atoms with Gasteiger partial charge in [-0.15, -0.1) is 0 Å². The van der Waals surface area contributed by atoms with Crippen molar-refractivity contribution in [2.24, 2.45) is 4.99 Å². The zero-order valence-corrected chi connectivity index (χ0v) is 8.51. The van der Waals surface area contributed by atoms with E-state index in [2.05, 4.69) is 15.0 Å². The van der Waals surface area contributed by atoms with E-state index in [0.717, 1.165) is 11.3 Å². The summed E-state index contributed by atoms with van der Waals surface area (Å²) in [6, 6.07) is 0. The highest BCUT2D eigenvalue weighted by atomic mass is 16.1. The lowest BCUT2D eigenvalue weighted by molar-refractivity contribution is 0.509. The summed E-state index contributed by atoms with van der Waals surface area (Å²) in [5.74, 6) is 0. The normalized spacial score (nSPS) is 11.3. The van der Waals surface area contributed by atoms with Crippen LogP contribution >= 0.6 is 0 Å². The number of aliphatic imine (C=N–C) groups is 1. The highest BCUT2D eigenvalue weighted by Crippen LogP contribution is 2.24. The molecule has 0 aliphatic carbocycles. The molecule has 0 aliphatic heterocycles. The van der Waals surface area contributed by atoms with Gasteiger partial charge < -0.3 is 0 Å². The summed E-state index contributed by atoms with van der Waals surface area (Å²) in [4.78, 5) is 22.2. The van der Waals surface area contributed by atoms with Crippen molar-refractivity contribution in [3.8, 4) is 0 Å². The van der Waals surface area contributed by atoms with E-state index in [-0.39, 0.29) is 0 Å². The second kappa shape index (κ2) is 3.29. The van der Waals surface area contributed by atoms with Crippen LogP contribution in [-0.4, -0.2) is 20.4 Å². The van der Waals surface area contributed by atoms with E-state index in [4.69, 9.17) is 0 Å². The van der Waals surface area contributed by atoms with Crippen molar-refractivity contribution in [1.82, 2.24) is 14.4 Å². The molecule has 2 rings (SSSR count). The smallest absolute Gasteiger partial charge is 0.235 e. The maximum absolute atomic E-state index is 10.3. The molecule has 0 aromatic carbocycles. The Hall–Kier alpha value is -2.00. The largest absolute Gasteiger partial charge is 0.299 e. The van der Waals surface area contributed by atoms with Crippen LogP contribution in [0.25, 0.3) is 5.65 Å². The molecule has 15 heavy (non-hydrogen) atoms. The Morgan fingerprint density at radius 2 is 2.27 bits per heavy atom. The molecule has 0 fully saturated rings. The standard InChI is InChI=1S/C10H10N4O/c1-10(2,13-7-15)8-5-12-9-6-11-3-4-14(8)9/h3-6H,1-2H3. The molecule has 76 valence electrons. The van der Waals surface area contributed by atoms with Gasteiger partial charge >= 0.3 is 0 Å². The molecule has 0 bridgehead atoms. The van der Waals surface area contributed by atoms with Gasteiger partial charge in [-0.25, -0.2) is 9.78 Å². The lowest BCUT2D eigenvalue weighted by Crippen LogP contribution is -2.16. The maximum Gasteiger partial charge on any atom is 0.235 e. The van der Waals surface area contributed by atoms with Crippen LogP contribution < -0.4 is 0 Å². The van der Waals surface area contributed by atoms with Gasteiger partial charge in [0.15, 0.2) is 5.65 Å². The summed E-state index contributed by atoms with van der Waals surface area (Å²) in [5, 5.41) is 0. The fourth-order valence-corrected chi connectivity index (χ4v) is 1.47. The van der Waals surface area contributed by atoms with Crippen LogP contribution in [0.2, 0.25) is 0 Å². The van der Waals surface area contributed by atoms with Crippen LogP contribution in [-0.2, 0) is 10.3 Å². The van der Waals surface area contributed by atoms with Crippen molar-refractivity contribution in [2.45, 2.75) is 19.4 Å². The highest BCUT2D eigenvalue weighted by Gasteiger charge is 2.23. The summed E-state index contributed by atoms with van der Waals surface area (Å²) in [6.45, 7) is 3.67. The predicted molar refractivity (Wildman–Crippen MR) is 54.1 cm³/mol. The van der Waals surface area contributed by atoms with Gasteiger partial charge in [-0.2, -0.15) is 4.99 Å². The fourth-order valence-electron chi connectivity index (χ4n) is 1.47. The molecule has 0 amide bonds. The number of carbonyl (C=O) groups excluding carboxylic acids is 1. The Bertz CT molecular complexity index is 537. The van der Waals surface area contributed by atoms with E-state index in [9.17, 15) is 4.79 Å². The molecule has 0 radical (unpaired) electrons. The minimum atomic E-state index is -0.622. The molecule has 0 N–H and O–H groups in total. The molecule has 0 atom stereocenters. The number of hydrogen-bond acceptors (Lipinski definition) is 4. The number of rotatable bonds is 2. The lowest BCUT2D eigenvalue weighted by Gasteiger charge is -2.16. The SMILES string of the molecule is CC(C)(N=C=O)c1cnc2cnccn12. The van der Waals surface area contributed by atoms with Crippen molar-refractivity contribution in [2.75, 3.05) is 0 Å². The predicted octanol–water partition coefficient (Wildman–Crippen LogP) is 1.30. The van der Waals surface area contributed by atoms with Gasteiger partial charge in [0.25, 0.3) is 0 Å². The minimum absolute atomic E-state index is 0.622. The van der Waals surface area contributed by atoms with E-state index in [1.165, 1.54) is 0 Å². The van der Waals surface area contributed by atoms with Crippen molar-refractivity contribution in [3.63, 3.8) is 0 Å². The Labute approximate surface area is 86.5 Å². The Kier molecular flexibility index (Phi) is 2.10. The zero-order valence-electron chi connectivity index (χ0n) is 8.51. The van der Waals surface area contributed by atoms with Gasteiger partial charge in [-0.3, -0.25) is 9.38 Å². The number of imidazole rings is 1. The Balaban J connectivity index is 2.67. The summed E-state index contributed by atoms with van der Waals surface area (Å²) < 4.78 is 1.86. The zero-order chi connectivity index (χ0) is 10.9. The third kappa shape index (κ3) is 1.53. The van der Waals surface area contributed by atoms with Crippen LogP contribution in [0, 0.1) is 0 Å². The molecule has 0 saturated carbocycles. The van der Waals surface area contributed by atoms with Gasteiger partial charge in [0.1, 0.15) is 5.54 Å². The van der Waals surface area contributed by atoms with Crippen LogP contribution in [0.15, 0.2) is 29.8 Å². The van der Waals surface area contributed by atoms with Crippen molar-refractivity contribution < 1.29 is 4.79 Å². The topological polar surface area (TPSA) is 59.6 Å². The summed E-state index contributed by atoms with van der Waals surface area (Å²) in [6.07, 6.45) is 8.39. The average Bonchev–Trinajstić information content (AvgIpc) is 2.61. The molecule has 5 nitrogen and oxygen atoms in total. The second-order valence-corrected chi connectivity index (χ2v) is 3.71. The average molecular weight is 202 g/mol. The molecule has 2 aromatic heterocycles. The molecule has 0 unspecified atom stereocenters. The monoisotopic (exact) mass is 202 g/mol. The molecule has 0 saturated heterocycles. The maximum atomic E-state index is 10.3. The van der Waals surface area contributed by atoms with Crippen molar-refractivity contribution >= 4 is 11.7 Å². The molecule has 5 heteroatoms. The first-order chi connectivity index (χ1) is 7.15. The van der Waals surface area contributed by atoms with Gasteiger partial charge in [0.2, 0.25) is 6.08 Å². The van der Waals surface area contributed by atoms with E-state index < -0.39 is 5.54 Å². The summed E-state index contributed by atoms with van der Waals surface area (Å²) in [7, 11) is 0. The van der Waals surface area contributed by atoms with Crippen LogP contribution in [0.1, 0.15) is 19.5 Å². The number of nitrogens with zero attached hydrogens (tertiary/aromatic N) is 4. The first-order valence-corrected chi connectivity index (χ1v) is 4.52. The summed E-state index contributed by atoms with van der Waals surface area (Å²) in [5.41, 5.74) is 0.952. The van der Waals surface area contributed by atoms with E-state index >= 15 is 0 Å². The third-order valence-corrected chi connectivity index (χ3v) is 2.27. The first-order valence-electron chi connectivity index (χ1n) is 4.52. The van der Waals surface area contributed by atoms with E-state index in [1.807, 2.05) is 18.2 Å². The molecule has 2 aromatic rings. The summed E-state index contributed by atoms with van der Waals surface area (Å²) >= 11 is 0. The molecular weight excluding hydrogens is 192 g/mol. The second-order valence-electron chi connectivity index (χ2n) is 3.71. The molecule has 0 aliphatic rings. The van der Waals surface area contributed by atoms with Crippen LogP contribution in [0.5, 0.6) is 0 Å². The third-order valence-electron chi connectivity index (χ3n) is 2.27. The first kappa shape index (κ1) is 9.55. The number of isocyanates is 1. The van der Waals surface area contributed by atoms with E-state index in [0.29, 0.717) is 0 Å².